The molecule has 1 unspecified atom stereocenters. The molecule has 0 saturated carbocycles. The minimum Gasteiger partial charge on any atom is -0.507 e. The first-order chi connectivity index (χ1) is 16.3. The third-order valence-electron chi connectivity index (χ3n) is 6.67. The van der Waals surface area contributed by atoms with Crippen LogP contribution in [-0.4, -0.2) is 26.1 Å². The van der Waals surface area contributed by atoms with E-state index in [0.29, 0.717) is 29.4 Å². The van der Waals surface area contributed by atoms with Gasteiger partial charge in [-0.25, -0.2) is 0 Å². The zero-order chi connectivity index (χ0) is 24.0. The number of rotatable bonds is 5. The fourth-order valence-electron chi connectivity index (χ4n) is 4.99. The molecule has 1 aliphatic rings. The summed E-state index contributed by atoms with van der Waals surface area (Å²) in [5, 5.41) is 18.4. The van der Waals surface area contributed by atoms with Crippen LogP contribution in [0, 0.1) is 13.8 Å². The van der Waals surface area contributed by atoms with Crippen LogP contribution in [0.4, 0.5) is 0 Å². The Bertz CT molecular complexity index is 1330. The molecule has 1 amide bonds. The number of nitrogens with one attached hydrogen (secondary N) is 1. The van der Waals surface area contributed by atoms with Crippen molar-refractivity contribution < 1.29 is 9.90 Å². The molecule has 1 atom stereocenters. The fourth-order valence-corrected chi connectivity index (χ4v) is 4.99. The van der Waals surface area contributed by atoms with Gasteiger partial charge in [0.1, 0.15) is 17.1 Å². The molecule has 0 radical (unpaired) electrons. The molecular formula is C29H29N3O2. The summed E-state index contributed by atoms with van der Waals surface area (Å²) in [7, 11) is 0. The molecule has 0 bridgehead atoms. The second-order valence-corrected chi connectivity index (χ2v) is 9.48. The van der Waals surface area contributed by atoms with Crippen molar-refractivity contribution in [1.82, 2.24) is 15.1 Å². The van der Waals surface area contributed by atoms with Gasteiger partial charge in [-0.05, 0) is 53.6 Å². The molecule has 5 nitrogen and oxygen atoms in total. The highest BCUT2D eigenvalue weighted by Gasteiger charge is 2.42. The van der Waals surface area contributed by atoms with Crippen molar-refractivity contribution in [2.24, 2.45) is 0 Å². The number of benzene rings is 3. The molecule has 2 heterocycles. The molecule has 172 valence electrons. The van der Waals surface area contributed by atoms with Gasteiger partial charge < -0.3 is 10.0 Å². The van der Waals surface area contributed by atoms with Gasteiger partial charge in [0.05, 0.1) is 6.04 Å². The molecule has 4 aromatic rings. The number of hydrogen-bond donors (Lipinski definition) is 2. The van der Waals surface area contributed by atoms with E-state index in [1.807, 2.05) is 55.1 Å². The molecule has 0 fully saturated rings. The third kappa shape index (κ3) is 3.67. The Labute approximate surface area is 200 Å². The quantitative estimate of drug-likeness (QED) is 0.376. The molecule has 0 aliphatic carbocycles. The van der Waals surface area contributed by atoms with Crippen LogP contribution in [0.3, 0.4) is 0 Å². The number of hydrogen-bond acceptors (Lipinski definition) is 3. The first-order valence-electron chi connectivity index (χ1n) is 11.7. The van der Waals surface area contributed by atoms with Crippen molar-refractivity contribution in [3.8, 4) is 17.0 Å². The van der Waals surface area contributed by atoms with Crippen molar-refractivity contribution >= 4 is 5.91 Å². The van der Waals surface area contributed by atoms with Crippen molar-refractivity contribution in [2.75, 3.05) is 0 Å². The first kappa shape index (κ1) is 22.0. The second kappa shape index (κ2) is 8.49. The summed E-state index contributed by atoms with van der Waals surface area (Å²) in [6, 6.07) is 22.0. The van der Waals surface area contributed by atoms with Crippen LogP contribution in [0.5, 0.6) is 5.75 Å². The Morgan fingerprint density at radius 1 is 1.03 bits per heavy atom. The molecule has 5 rings (SSSR count). The second-order valence-electron chi connectivity index (χ2n) is 9.48. The van der Waals surface area contributed by atoms with Crippen molar-refractivity contribution in [3.05, 3.63) is 106 Å². The Morgan fingerprint density at radius 2 is 1.74 bits per heavy atom. The molecule has 0 spiro atoms. The number of aromatic amines is 1. The van der Waals surface area contributed by atoms with Crippen molar-refractivity contribution in [1.29, 1.82) is 0 Å². The van der Waals surface area contributed by atoms with Gasteiger partial charge in [0.25, 0.3) is 5.91 Å². The summed E-state index contributed by atoms with van der Waals surface area (Å²) in [5.74, 6) is 0.515. The van der Waals surface area contributed by atoms with Crippen molar-refractivity contribution in [2.45, 2.75) is 46.2 Å². The summed E-state index contributed by atoms with van der Waals surface area (Å²) in [4.78, 5) is 15.5. The number of nitrogens with zero attached hydrogens (tertiary/aromatic N) is 2. The maximum Gasteiger partial charge on any atom is 0.273 e. The molecular weight excluding hydrogens is 422 g/mol. The Hall–Kier alpha value is -3.86. The summed E-state index contributed by atoms with van der Waals surface area (Å²) >= 11 is 0. The highest BCUT2D eigenvalue weighted by Crippen LogP contribution is 2.46. The van der Waals surface area contributed by atoms with Crippen LogP contribution in [0.15, 0.2) is 66.7 Å². The lowest BCUT2D eigenvalue weighted by Gasteiger charge is -2.27. The number of aromatic hydroxyl groups is 1. The average molecular weight is 452 g/mol. The van der Waals surface area contributed by atoms with Gasteiger partial charge in [0, 0.05) is 17.7 Å². The summed E-state index contributed by atoms with van der Waals surface area (Å²) in [6.07, 6.45) is 0. The summed E-state index contributed by atoms with van der Waals surface area (Å²) in [5.41, 5.74) is 7.86. The van der Waals surface area contributed by atoms with Gasteiger partial charge in [0.2, 0.25) is 0 Å². The highest BCUT2D eigenvalue weighted by atomic mass is 16.3. The van der Waals surface area contributed by atoms with Crippen LogP contribution in [0.2, 0.25) is 0 Å². The van der Waals surface area contributed by atoms with Crippen LogP contribution in [0.25, 0.3) is 11.3 Å². The maximum atomic E-state index is 13.6. The molecule has 3 aromatic carbocycles. The van der Waals surface area contributed by atoms with Gasteiger partial charge in [-0.15, -0.1) is 0 Å². The van der Waals surface area contributed by atoms with Gasteiger partial charge in [-0.1, -0.05) is 74.5 Å². The van der Waals surface area contributed by atoms with E-state index < -0.39 is 0 Å². The number of aromatic nitrogens is 2. The number of carbonyl (C=O) groups is 1. The largest absolute Gasteiger partial charge is 0.507 e. The van der Waals surface area contributed by atoms with Crippen LogP contribution >= 0.6 is 0 Å². The molecule has 1 aliphatic heterocycles. The molecule has 34 heavy (non-hydrogen) atoms. The summed E-state index contributed by atoms with van der Waals surface area (Å²) in [6.45, 7) is 8.75. The summed E-state index contributed by atoms with van der Waals surface area (Å²) < 4.78 is 0. The molecule has 0 saturated heterocycles. The Morgan fingerprint density at radius 3 is 2.38 bits per heavy atom. The molecule has 2 N–H and O–H groups in total. The number of carbonyl (C=O) groups excluding carboxylic acids is 1. The lowest BCUT2D eigenvalue weighted by atomic mass is 9.92. The lowest BCUT2D eigenvalue weighted by Crippen LogP contribution is -2.29. The van der Waals surface area contributed by atoms with E-state index >= 15 is 0 Å². The topological polar surface area (TPSA) is 69.2 Å². The van der Waals surface area contributed by atoms with E-state index in [4.69, 9.17) is 0 Å². The first-order valence-corrected chi connectivity index (χ1v) is 11.7. The minimum atomic E-state index is -0.308. The van der Waals surface area contributed by atoms with E-state index in [2.05, 4.69) is 48.3 Å². The van der Waals surface area contributed by atoms with E-state index in [1.165, 1.54) is 5.56 Å². The minimum absolute atomic E-state index is 0.0835. The SMILES string of the molecule is Cc1cc(C)c(-c2n[nH]c3c2C(c2ccc(C(C)C)cc2)N(Cc2ccccc2)C3=O)c(O)c1. The van der Waals surface area contributed by atoms with Crippen molar-refractivity contribution in [3.63, 3.8) is 0 Å². The third-order valence-corrected chi connectivity index (χ3v) is 6.67. The van der Waals surface area contributed by atoms with Gasteiger partial charge in [0.15, 0.2) is 0 Å². The number of aryl methyl sites for hydroxylation is 2. The molecule has 5 heteroatoms. The smallest absolute Gasteiger partial charge is 0.273 e. The van der Waals surface area contributed by atoms with Gasteiger partial charge in [-0.3, -0.25) is 9.89 Å². The number of fused-ring (bicyclic) bond motifs is 1. The van der Waals surface area contributed by atoms with Gasteiger partial charge in [-0.2, -0.15) is 5.10 Å². The molecule has 1 aromatic heterocycles. The predicted octanol–water partition coefficient (Wildman–Crippen LogP) is 6.27. The number of phenolic OH excluding ortho intramolecular Hbond substituents is 1. The van der Waals surface area contributed by atoms with E-state index in [0.717, 1.165) is 27.8 Å². The number of amides is 1. The van der Waals surface area contributed by atoms with Crippen LogP contribution in [0.1, 0.15) is 69.7 Å². The van der Waals surface area contributed by atoms with E-state index in [9.17, 15) is 9.90 Å². The Balaban J connectivity index is 1.68. The fraction of sp³-hybridized carbons (Fsp3) is 0.241. The average Bonchev–Trinajstić information content (AvgIpc) is 3.33. The zero-order valence-corrected chi connectivity index (χ0v) is 20.0. The van der Waals surface area contributed by atoms with Gasteiger partial charge >= 0.3 is 0 Å². The van der Waals surface area contributed by atoms with E-state index in [-0.39, 0.29) is 17.7 Å². The lowest BCUT2D eigenvalue weighted by molar-refractivity contribution is 0.0730. The van der Waals surface area contributed by atoms with Crippen LogP contribution in [-0.2, 0) is 6.54 Å². The highest BCUT2D eigenvalue weighted by molar-refractivity contribution is 6.00. The number of phenols is 1. The monoisotopic (exact) mass is 451 g/mol. The maximum absolute atomic E-state index is 13.6. The zero-order valence-electron chi connectivity index (χ0n) is 20.0. The Kier molecular flexibility index (Phi) is 5.48. The normalized spacial score (nSPS) is 15.3. The number of H-pyrrole nitrogens is 1. The standard InChI is InChI=1S/C29H29N3O2/c1-17(2)21-10-12-22(13-11-21)28-25-26(24-19(4)14-18(3)15-23(24)33)30-31-27(25)29(34)32(28)16-20-8-6-5-7-9-20/h5-15,17,28,33H,16H2,1-4H3,(H,30,31). The predicted molar refractivity (Wildman–Crippen MR) is 134 cm³/mol. The van der Waals surface area contributed by atoms with Crippen LogP contribution < -0.4 is 0 Å². The van der Waals surface area contributed by atoms with E-state index in [1.54, 1.807) is 6.07 Å².